The zero-order valence-corrected chi connectivity index (χ0v) is 13.2. The Morgan fingerprint density at radius 3 is 2.50 bits per heavy atom. The van der Waals surface area contributed by atoms with E-state index in [9.17, 15) is 8.42 Å². The van der Waals surface area contributed by atoms with E-state index in [0.717, 1.165) is 6.42 Å². The molecule has 5 nitrogen and oxygen atoms in total. The molecule has 1 unspecified atom stereocenters. The van der Waals surface area contributed by atoms with Crippen molar-refractivity contribution in [2.24, 2.45) is 5.92 Å². The Labute approximate surface area is 121 Å². The van der Waals surface area contributed by atoms with Crippen molar-refractivity contribution in [1.82, 2.24) is 4.31 Å². The van der Waals surface area contributed by atoms with E-state index in [4.69, 9.17) is 5.11 Å². The van der Waals surface area contributed by atoms with Gasteiger partial charge in [0.2, 0.25) is 10.0 Å². The number of aliphatic hydroxyl groups excluding tert-OH is 1. The van der Waals surface area contributed by atoms with E-state index in [0.29, 0.717) is 24.6 Å². The van der Waals surface area contributed by atoms with Gasteiger partial charge in [-0.15, -0.1) is 0 Å². The van der Waals surface area contributed by atoms with Crippen molar-refractivity contribution in [3.05, 3.63) is 24.3 Å². The fourth-order valence-corrected chi connectivity index (χ4v) is 2.98. The first kappa shape index (κ1) is 16.9. The SMILES string of the molecule is CCC(CCO)CNc1ccccc1S(=O)(=O)N(C)C. The quantitative estimate of drug-likeness (QED) is 0.767. The number of nitrogens with one attached hydrogen (secondary N) is 1. The molecule has 0 aliphatic rings. The number of benzene rings is 1. The average molecular weight is 300 g/mol. The second kappa shape index (κ2) is 7.61. The van der Waals surface area contributed by atoms with Crippen molar-refractivity contribution in [1.29, 1.82) is 0 Å². The summed E-state index contributed by atoms with van der Waals surface area (Å²) in [5.74, 6) is 0.329. The smallest absolute Gasteiger partial charge is 0.244 e. The molecule has 0 spiro atoms. The Balaban J connectivity index is 2.92. The van der Waals surface area contributed by atoms with Crippen molar-refractivity contribution >= 4 is 15.7 Å². The molecule has 0 fully saturated rings. The minimum Gasteiger partial charge on any atom is -0.396 e. The van der Waals surface area contributed by atoms with Crippen LogP contribution < -0.4 is 5.32 Å². The van der Waals surface area contributed by atoms with Crippen LogP contribution in [0.15, 0.2) is 29.2 Å². The van der Waals surface area contributed by atoms with Gasteiger partial charge in [0.25, 0.3) is 0 Å². The molecule has 0 saturated carbocycles. The van der Waals surface area contributed by atoms with Gasteiger partial charge in [0.15, 0.2) is 0 Å². The number of hydrogen-bond donors (Lipinski definition) is 2. The summed E-state index contributed by atoms with van der Waals surface area (Å²) in [5, 5.41) is 12.2. The van der Waals surface area contributed by atoms with Crippen LogP contribution in [0.25, 0.3) is 0 Å². The fraction of sp³-hybridized carbons (Fsp3) is 0.571. The van der Waals surface area contributed by atoms with Gasteiger partial charge < -0.3 is 10.4 Å². The molecule has 0 heterocycles. The van der Waals surface area contributed by atoms with E-state index in [1.807, 2.05) is 6.07 Å². The first-order valence-electron chi connectivity index (χ1n) is 6.79. The summed E-state index contributed by atoms with van der Waals surface area (Å²) >= 11 is 0. The van der Waals surface area contributed by atoms with Crippen LogP contribution in [0.1, 0.15) is 19.8 Å². The Morgan fingerprint density at radius 2 is 1.95 bits per heavy atom. The van der Waals surface area contributed by atoms with Crippen LogP contribution in [0.5, 0.6) is 0 Å². The second-order valence-electron chi connectivity index (χ2n) is 4.95. The molecular formula is C14H24N2O3S. The zero-order valence-electron chi connectivity index (χ0n) is 12.3. The zero-order chi connectivity index (χ0) is 15.2. The van der Waals surface area contributed by atoms with Crippen LogP contribution >= 0.6 is 0 Å². The van der Waals surface area contributed by atoms with Crippen molar-refractivity contribution in [2.45, 2.75) is 24.7 Å². The van der Waals surface area contributed by atoms with Crippen LogP contribution in [-0.4, -0.2) is 45.1 Å². The first-order chi connectivity index (χ1) is 9.43. The van der Waals surface area contributed by atoms with E-state index >= 15 is 0 Å². The third-order valence-electron chi connectivity index (χ3n) is 3.34. The van der Waals surface area contributed by atoms with E-state index in [1.165, 1.54) is 18.4 Å². The van der Waals surface area contributed by atoms with Crippen LogP contribution in [0, 0.1) is 5.92 Å². The lowest BCUT2D eigenvalue weighted by Gasteiger charge is -2.19. The summed E-state index contributed by atoms with van der Waals surface area (Å²) in [5.41, 5.74) is 0.609. The number of para-hydroxylation sites is 1. The summed E-state index contributed by atoms with van der Waals surface area (Å²) in [6, 6.07) is 6.89. The Morgan fingerprint density at radius 1 is 1.30 bits per heavy atom. The summed E-state index contributed by atoms with van der Waals surface area (Å²) in [6.07, 6.45) is 1.66. The van der Waals surface area contributed by atoms with Crippen LogP contribution in [0.3, 0.4) is 0 Å². The minimum atomic E-state index is -3.45. The van der Waals surface area contributed by atoms with Crippen LogP contribution in [0.2, 0.25) is 0 Å². The largest absolute Gasteiger partial charge is 0.396 e. The predicted octanol–water partition coefficient (Wildman–Crippen LogP) is 1.76. The maximum atomic E-state index is 12.2. The first-order valence-corrected chi connectivity index (χ1v) is 8.23. The third kappa shape index (κ3) is 4.19. The average Bonchev–Trinajstić information content (AvgIpc) is 2.43. The molecule has 6 heteroatoms. The van der Waals surface area contributed by atoms with Crippen LogP contribution in [-0.2, 0) is 10.0 Å². The number of rotatable bonds is 8. The van der Waals surface area contributed by atoms with Gasteiger partial charge in [-0.05, 0) is 24.5 Å². The molecule has 114 valence electrons. The number of sulfonamides is 1. The van der Waals surface area contributed by atoms with Gasteiger partial charge in [0, 0.05) is 27.2 Å². The van der Waals surface area contributed by atoms with E-state index in [2.05, 4.69) is 12.2 Å². The minimum absolute atomic E-state index is 0.151. The lowest BCUT2D eigenvalue weighted by atomic mass is 10.0. The van der Waals surface area contributed by atoms with Crippen molar-refractivity contribution in [2.75, 3.05) is 32.6 Å². The van der Waals surface area contributed by atoms with Crippen molar-refractivity contribution < 1.29 is 13.5 Å². The fourth-order valence-electron chi connectivity index (χ4n) is 1.92. The highest BCUT2D eigenvalue weighted by molar-refractivity contribution is 7.89. The Kier molecular flexibility index (Phi) is 6.45. The Bertz CT molecular complexity index is 515. The lowest BCUT2D eigenvalue weighted by molar-refractivity contribution is 0.258. The molecule has 0 aliphatic heterocycles. The standard InChI is InChI=1S/C14H24N2O3S/c1-4-12(9-10-17)11-15-13-7-5-6-8-14(13)20(18,19)16(2)3/h5-8,12,15,17H,4,9-11H2,1-3H3. The van der Waals surface area contributed by atoms with Gasteiger partial charge in [-0.1, -0.05) is 25.5 Å². The van der Waals surface area contributed by atoms with E-state index < -0.39 is 10.0 Å². The molecule has 1 atom stereocenters. The summed E-state index contributed by atoms with van der Waals surface area (Å²) in [6.45, 7) is 2.86. The predicted molar refractivity (Wildman–Crippen MR) is 81.3 cm³/mol. The summed E-state index contributed by atoms with van der Waals surface area (Å²) in [4.78, 5) is 0.281. The molecule has 0 aliphatic carbocycles. The molecular weight excluding hydrogens is 276 g/mol. The molecule has 0 aromatic heterocycles. The molecule has 0 saturated heterocycles. The highest BCUT2D eigenvalue weighted by Gasteiger charge is 2.20. The summed E-state index contributed by atoms with van der Waals surface area (Å²) < 4.78 is 25.7. The lowest BCUT2D eigenvalue weighted by Crippen LogP contribution is -2.24. The molecule has 0 amide bonds. The number of anilines is 1. The second-order valence-corrected chi connectivity index (χ2v) is 7.07. The number of hydrogen-bond acceptors (Lipinski definition) is 4. The monoisotopic (exact) mass is 300 g/mol. The molecule has 1 aromatic rings. The van der Waals surface area contributed by atoms with Gasteiger partial charge in [0.05, 0.1) is 5.69 Å². The molecule has 0 radical (unpaired) electrons. The van der Waals surface area contributed by atoms with Crippen LogP contribution in [0.4, 0.5) is 5.69 Å². The van der Waals surface area contributed by atoms with E-state index in [1.54, 1.807) is 18.2 Å². The molecule has 1 rings (SSSR count). The maximum Gasteiger partial charge on any atom is 0.244 e. The van der Waals surface area contributed by atoms with Gasteiger partial charge in [-0.25, -0.2) is 12.7 Å². The molecule has 1 aromatic carbocycles. The topological polar surface area (TPSA) is 69.6 Å². The third-order valence-corrected chi connectivity index (χ3v) is 5.21. The molecule has 2 N–H and O–H groups in total. The number of aliphatic hydroxyl groups is 1. The summed E-state index contributed by atoms with van der Waals surface area (Å²) in [7, 11) is -0.412. The van der Waals surface area contributed by atoms with Crippen molar-refractivity contribution in [3.63, 3.8) is 0 Å². The normalized spacial score (nSPS) is 13.4. The highest BCUT2D eigenvalue weighted by Crippen LogP contribution is 2.23. The van der Waals surface area contributed by atoms with Gasteiger partial charge in [-0.3, -0.25) is 0 Å². The number of nitrogens with zero attached hydrogens (tertiary/aromatic N) is 1. The van der Waals surface area contributed by atoms with E-state index in [-0.39, 0.29) is 11.5 Å². The maximum absolute atomic E-state index is 12.2. The van der Waals surface area contributed by atoms with Crippen molar-refractivity contribution in [3.8, 4) is 0 Å². The molecule has 20 heavy (non-hydrogen) atoms. The Hall–Kier alpha value is -1.11. The van der Waals surface area contributed by atoms with Gasteiger partial charge in [-0.2, -0.15) is 0 Å². The van der Waals surface area contributed by atoms with Gasteiger partial charge in [0.1, 0.15) is 4.90 Å². The highest BCUT2D eigenvalue weighted by atomic mass is 32.2. The molecule has 0 bridgehead atoms. The van der Waals surface area contributed by atoms with Gasteiger partial charge >= 0.3 is 0 Å².